The molecule has 7 nitrogen and oxygen atoms in total. The Morgan fingerprint density at radius 3 is 2.75 bits per heavy atom. The van der Waals surface area contributed by atoms with Gasteiger partial charge in [-0.05, 0) is 12.1 Å². The van der Waals surface area contributed by atoms with Crippen LogP contribution in [-0.4, -0.2) is 35.7 Å². The number of hydrogen-bond acceptors (Lipinski definition) is 6. The fraction of sp³-hybridized carbons (Fsp3) is 0.235. The molecule has 2 aliphatic heterocycles. The van der Waals surface area contributed by atoms with E-state index in [1.165, 1.54) is 31.8 Å². The van der Waals surface area contributed by atoms with Gasteiger partial charge in [0, 0.05) is 23.5 Å². The molecule has 0 saturated heterocycles. The number of fused-ring (bicyclic) bond motifs is 3. The monoisotopic (exact) mass is 409 g/mol. The summed E-state index contributed by atoms with van der Waals surface area (Å²) in [4.78, 5) is 21.6. The van der Waals surface area contributed by atoms with Crippen LogP contribution in [-0.2, 0) is 4.79 Å². The lowest BCUT2D eigenvalue weighted by Gasteiger charge is -2.32. The number of amides is 1. The quantitative estimate of drug-likeness (QED) is 0.764. The number of nitrogens with zero attached hydrogens (tertiary/aromatic N) is 5. The van der Waals surface area contributed by atoms with Crippen LogP contribution < -0.4 is 9.64 Å². The van der Waals surface area contributed by atoms with E-state index in [4.69, 9.17) is 16.3 Å². The minimum absolute atomic E-state index is 0.00449. The molecule has 0 spiro atoms. The number of carbonyl (C=O) groups excluding carboxylic acids is 1. The van der Waals surface area contributed by atoms with E-state index < -0.39 is 24.7 Å². The number of hydrogen-bond donors (Lipinski definition) is 0. The van der Waals surface area contributed by atoms with E-state index in [0.717, 1.165) is 0 Å². The Labute approximate surface area is 161 Å². The zero-order valence-corrected chi connectivity index (χ0v) is 15.0. The topological polar surface area (TPSA) is 80.0 Å². The van der Waals surface area contributed by atoms with Gasteiger partial charge in [0.05, 0.1) is 35.3 Å². The highest BCUT2D eigenvalue weighted by molar-refractivity contribution is 6.30. The number of methoxy groups -OCH3 is 1. The average molecular weight is 410 g/mol. The van der Waals surface area contributed by atoms with Crippen LogP contribution in [0.1, 0.15) is 11.7 Å². The summed E-state index contributed by atoms with van der Waals surface area (Å²) in [6.07, 6.45) is -0.607. The van der Waals surface area contributed by atoms with Crippen LogP contribution in [0.25, 0.3) is 11.1 Å². The number of alkyl halides is 3. The van der Waals surface area contributed by atoms with E-state index >= 15 is 0 Å². The van der Waals surface area contributed by atoms with Crippen LogP contribution in [0.3, 0.4) is 0 Å². The number of azo groups is 1. The van der Waals surface area contributed by atoms with Gasteiger partial charge in [0.1, 0.15) is 12.6 Å². The van der Waals surface area contributed by atoms with Crippen LogP contribution in [0.2, 0.25) is 5.02 Å². The summed E-state index contributed by atoms with van der Waals surface area (Å²) < 4.78 is 44.6. The maximum atomic E-state index is 13.1. The Morgan fingerprint density at radius 1 is 1.25 bits per heavy atom. The third-order valence-corrected chi connectivity index (χ3v) is 4.48. The third kappa shape index (κ3) is 3.09. The van der Waals surface area contributed by atoms with Crippen LogP contribution in [0.4, 0.5) is 18.9 Å². The van der Waals surface area contributed by atoms with Gasteiger partial charge in [-0.1, -0.05) is 11.6 Å². The summed E-state index contributed by atoms with van der Waals surface area (Å²) in [7, 11) is 1.40. The molecule has 0 aromatic carbocycles. The van der Waals surface area contributed by atoms with E-state index in [9.17, 15) is 18.0 Å². The molecule has 2 aromatic rings. The molecule has 1 atom stereocenters. The first-order chi connectivity index (χ1) is 13.3. The SMILES string of the molecule is COc1ncc(Cl)cc1-c1cnc2c(c1)N(CC(F)(F)F)C(=O)C1=CN=NC12. The van der Waals surface area contributed by atoms with Gasteiger partial charge in [0.2, 0.25) is 5.88 Å². The number of aromatic nitrogens is 2. The Bertz CT molecular complexity index is 1040. The Balaban J connectivity index is 1.88. The van der Waals surface area contributed by atoms with Gasteiger partial charge in [-0.2, -0.15) is 23.4 Å². The van der Waals surface area contributed by atoms with E-state index in [0.29, 0.717) is 21.0 Å². The van der Waals surface area contributed by atoms with E-state index in [2.05, 4.69) is 20.2 Å². The van der Waals surface area contributed by atoms with Gasteiger partial charge < -0.3 is 4.74 Å². The normalized spacial score (nSPS) is 18.0. The van der Waals surface area contributed by atoms with Crippen molar-refractivity contribution in [2.75, 3.05) is 18.6 Å². The second kappa shape index (κ2) is 6.55. The second-order valence-electron chi connectivity index (χ2n) is 6.06. The standard InChI is InChI=1S/C17H11ClF3N5O2/c1-28-15-10(3-9(18)5-23-15)8-2-12-14(22-4-8)13-11(6-24-25-13)16(27)26(12)7-17(19,20)21/h2-6,13H,7H2,1H3. The van der Waals surface area contributed by atoms with Crippen LogP contribution in [0.5, 0.6) is 5.88 Å². The van der Waals surface area contributed by atoms with Crippen molar-refractivity contribution in [3.05, 3.63) is 47.0 Å². The average Bonchev–Trinajstić information content (AvgIpc) is 3.14. The first kappa shape index (κ1) is 18.4. The molecule has 0 saturated carbocycles. The fourth-order valence-electron chi connectivity index (χ4n) is 3.10. The molecule has 2 aromatic heterocycles. The lowest BCUT2D eigenvalue weighted by Crippen LogP contribution is -2.43. The summed E-state index contributed by atoms with van der Waals surface area (Å²) in [5, 5.41) is 7.90. The van der Waals surface area contributed by atoms with Crippen molar-refractivity contribution in [2.45, 2.75) is 12.2 Å². The molecule has 1 amide bonds. The first-order valence-corrected chi connectivity index (χ1v) is 8.35. The zero-order chi connectivity index (χ0) is 20.1. The van der Waals surface area contributed by atoms with Crippen molar-refractivity contribution in [3.63, 3.8) is 0 Å². The van der Waals surface area contributed by atoms with Gasteiger partial charge in [0.15, 0.2) is 0 Å². The largest absolute Gasteiger partial charge is 0.481 e. The fourth-order valence-corrected chi connectivity index (χ4v) is 3.26. The lowest BCUT2D eigenvalue weighted by atomic mass is 9.95. The van der Waals surface area contributed by atoms with Crippen molar-refractivity contribution in [3.8, 4) is 17.0 Å². The van der Waals surface area contributed by atoms with Gasteiger partial charge in [-0.25, -0.2) is 4.98 Å². The van der Waals surface area contributed by atoms with Crippen LogP contribution in [0.15, 0.2) is 46.5 Å². The second-order valence-corrected chi connectivity index (χ2v) is 6.50. The van der Waals surface area contributed by atoms with Gasteiger partial charge in [-0.15, -0.1) is 0 Å². The van der Waals surface area contributed by atoms with E-state index in [1.807, 2.05) is 0 Å². The van der Waals surface area contributed by atoms with Crippen molar-refractivity contribution in [1.82, 2.24) is 9.97 Å². The molecule has 0 radical (unpaired) electrons. The summed E-state index contributed by atoms with van der Waals surface area (Å²) >= 11 is 5.99. The molecular formula is C17H11ClF3N5O2. The number of pyridine rings is 2. The van der Waals surface area contributed by atoms with Crippen LogP contribution >= 0.6 is 11.6 Å². The Kier molecular flexibility index (Phi) is 4.30. The molecule has 28 heavy (non-hydrogen) atoms. The predicted octanol–water partition coefficient (Wildman–Crippen LogP) is 4.11. The molecule has 0 aliphatic carbocycles. The summed E-state index contributed by atoms with van der Waals surface area (Å²) in [5.41, 5.74) is 1.10. The summed E-state index contributed by atoms with van der Waals surface area (Å²) in [5.74, 6) is -0.591. The Morgan fingerprint density at radius 2 is 2.04 bits per heavy atom. The van der Waals surface area contributed by atoms with Crippen molar-refractivity contribution < 1.29 is 22.7 Å². The van der Waals surface area contributed by atoms with Crippen molar-refractivity contribution in [1.29, 1.82) is 0 Å². The van der Waals surface area contributed by atoms with Gasteiger partial charge in [0.25, 0.3) is 5.91 Å². The number of halogens is 4. The number of rotatable bonds is 3. The molecular weight excluding hydrogens is 399 g/mol. The smallest absolute Gasteiger partial charge is 0.406 e. The molecule has 4 heterocycles. The highest BCUT2D eigenvalue weighted by Crippen LogP contribution is 2.44. The molecule has 0 N–H and O–H groups in total. The van der Waals surface area contributed by atoms with Crippen molar-refractivity contribution >= 4 is 23.2 Å². The van der Waals surface area contributed by atoms with Gasteiger partial charge >= 0.3 is 6.18 Å². The number of anilines is 1. The maximum Gasteiger partial charge on any atom is 0.406 e. The van der Waals surface area contributed by atoms with E-state index in [-0.39, 0.29) is 22.8 Å². The highest BCUT2D eigenvalue weighted by atomic mass is 35.5. The molecule has 144 valence electrons. The molecule has 11 heteroatoms. The molecule has 0 bridgehead atoms. The highest BCUT2D eigenvalue weighted by Gasteiger charge is 2.44. The number of carbonyl (C=O) groups is 1. The molecule has 0 fully saturated rings. The van der Waals surface area contributed by atoms with Gasteiger partial charge in [-0.3, -0.25) is 14.7 Å². The zero-order valence-electron chi connectivity index (χ0n) is 14.2. The summed E-state index contributed by atoms with van der Waals surface area (Å²) in [6, 6.07) is 2.16. The maximum absolute atomic E-state index is 13.1. The van der Waals surface area contributed by atoms with E-state index in [1.54, 1.807) is 6.07 Å². The molecule has 1 unspecified atom stereocenters. The van der Waals surface area contributed by atoms with Crippen LogP contribution in [0, 0.1) is 0 Å². The number of ether oxygens (including phenoxy) is 1. The van der Waals surface area contributed by atoms with Crippen molar-refractivity contribution in [2.24, 2.45) is 10.2 Å². The minimum atomic E-state index is -4.60. The molecule has 4 rings (SSSR count). The lowest BCUT2D eigenvalue weighted by molar-refractivity contribution is -0.130. The molecule has 2 aliphatic rings. The minimum Gasteiger partial charge on any atom is -0.481 e. The first-order valence-electron chi connectivity index (χ1n) is 7.97. The Hall–Kier alpha value is -3.01. The summed E-state index contributed by atoms with van der Waals surface area (Å²) in [6.45, 7) is -1.46. The predicted molar refractivity (Wildman–Crippen MR) is 93.1 cm³/mol. The third-order valence-electron chi connectivity index (χ3n) is 4.27.